The second-order valence-corrected chi connectivity index (χ2v) is 4.37. The average Bonchev–Trinajstić information content (AvgIpc) is 2.39. The van der Waals surface area contributed by atoms with Gasteiger partial charge in [-0.25, -0.2) is 0 Å². The van der Waals surface area contributed by atoms with Crippen LogP contribution in [0.5, 0.6) is 11.5 Å². The average molecular weight is 300 g/mol. The quantitative estimate of drug-likeness (QED) is 0.867. The Morgan fingerprint density at radius 3 is 2.60 bits per heavy atom. The molecule has 0 radical (unpaired) electrons. The topological polar surface area (TPSA) is 41.5 Å². The van der Waals surface area contributed by atoms with Crippen molar-refractivity contribution in [1.29, 1.82) is 0 Å². The molecule has 0 amide bonds. The minimum Gasteiger partial charge on any atom is -0.508 e. The van der Waals surface area contributed by atoms with E-state index in [-0.39, 0.29) is 18.0 Å². The SMILES string of the molecule is Oc1cccc(Cl)c1CNc1ccccc1OC(F)F. The minimum atomic E-state index is -2.90. The second kappa shape index (κ2) is 6.43. The van der Waals surface area contributed by atoms with Gasteiger partial charge in [0.05, 0.1) is 5.69 Å². The number of hydrogen-bond donors (Lipinski definition) is 2. The molecule has 2 rings (SSSR count). The van der Waals surface area contributed by atoms with Crippen molar-refractivity contribution in [3.63, 3.8) is 0 Å². The number of benzene rings is 2. The molecule has 2 aromatic rings. The minimum absolute atomic E-state index is 0.0362. The highest BCUT2D eigenvalue weighted by Gasteiger charge is 2.10. The summed E-state index contributed by atoms with van der Waals surface area (Å²) in [5, 5.41) is 13.0. The van der Waals surface area contributed by atoms with Crippen molar-refractivity contribution in [3.8, 4) is 11.5 Å². The van der Waals surface area contributed by atoms with Crippen LogP contribution in [-0.4, -0.2) is 11.7 Å². The first-order valence-electron chi connectivity index (χ1n) is 5.82. The Morgan fingerprint density at radius 1 is 1.15 bits per heavy atom. The van der Waals surface area contributed by atoms with E-state index in [4.69, 9.17) is 11.6 Å². The number of hydrogen-bond acceptors (Lipinski definition) is 3. The van der Waals surface area contributed by atoms with Crippen LogP contribution in [-0.2, 0) is 6.54 Å². The number of ether oxygens (including phenoxy) is 1. The van der Waals surface area contributed by atoms with Gasteiger partial charge >= 0.3 is 6.61 Å². The van der Waals surface area contributed by atoms with Gasteiger partial charge in [0, 0.05) is 17.1 Å². The molecule has 0 bridgehead atoms. The molecule has 106 valence electrons. The van der Waals surface area contributed by atoms with Crippen molar-refractivity contribution in [2.45, 2.75) is 13.2 Å². The Bertz CT molecular complexity index is 573. The summed E-state index contributed by atoms with van der Waals surface area (Å²) < 4.78 is 29.0. The van der Waals surface area contributed by atoms with Crippen molar-refractivity contribution in [2.24, 2.45) is 0 Å². The van der Waals surface area contributed by atoms with Crippen LogP contribution in [0.1, 0.15) is 5.56 Å². The molecule has 0 heterocycles. The summed E-state index contributed by atoms with van der Waals surface area (Å²) in [7, 11) is 0. The fourth-order valence-electron chi connectivity index (χ4n) is 1.72. The Morgan fingerprint density at radius 2 is 1.90 bits per heavy atom. The summed E-state index contributed by atoms with van der Waals surface area (Å²) in [4.78, 5) is 0. The zero-order valence-electron chi connectivity index (χ0n) is 10.3. The number of phenolic OH excluding ortho intramolecular Hbond substituents is 1. The summed E-state index contributed by atoms with van der Waals surface area (Å²) in [5.74, 6) is 0.0753. The van der Waals surface area contributed by atoms with E-state index in [0.29, 0.717) is 16.3 Å². The third-order valence-electron chi connectivity index (χ3n) is 2.65. The molecule has 2 aromatic carbocycles. The Hall–Kier alpha value is -2.01. The number of halogens is 3. The molecule has 2 N–H and O–H groups in total. The Kier molecular flexibility index (Phi) is 4.63. The highest BCUT2D eigenvalue weighted by molar-refractivity contribution is 6.31. The number of rotatable bonds is 5. The van der Waals surface area contributed by atoms with Crippen molar-refractivity contribution in [3.05, 3.63) is 53.1 Å². The number of aromatic hydroxyl groups is 1. The van der Waals surface area contributed by atoms with Gasteiger partial charge in [-0.2, -0.15) is 8.78 Å². The van der Waals surface area contributed by atoms with Crippen molar-refractivity contribution >= 4 is 17.3 Å². The third kappa shape index (κ3) is 3.51. The van der Waals surface area contributed by atoms with Crippen LogP contribution in [0.2, 0.25) is 5.02 Å². The Labute approximate surface area is 119 Å². The summed E-state index contributed by atoms with van der Waals surface area (Å²) in [5.41, 5.74) is 0.883. The maximum Gasteiger partial charge on any atom is 0.387 e. The van der Waals surface area contributed by atoms with Gasteiger partial charge in [0.15, 0.2) is 0 Å². The van der Waals surface area contributed by atoms with Gasteiger partial charge in [-0.15, -0.1) is 0 Å². The van der Waals surface area contributed by atoms with E-state index in [1.54, 1.807) is 30.3 Å². The number of anilines is 1. The van der Waals surface area contributed by atoms with Gasteiger partial charge in [0.2, 0.25) is 0 Å². The molecule has 6 heteroatoms. The lowest BCUT2D eigenvalue weighted by atomic mass is 10.2. The molecule has 0 spiro atoms. The van der Waals surface area contributed by atoms with E-state index < -0.39 is 6.61 Å². The molecule has 0 aliphatic rings. The van der Waals surface area contributed by atoms with Crippen LogP contribution in [0, 0.1) is 0 Å². The van der Waals surface area contributed by atoms with Gasteiger partial charge in [-0.1, -0.05) is 29.8 Å². The first-order valence-corrected chi connectivity index (χ1v) is 6.20. The zero-order chi connectivity index (χ0) is 14.5. The molecule has 0 aliphatic carbocycles. The predicted octanol–water partition coefficient (Wildman–Crippen LogP) is 4.26. The van der Waals surface area contributed by atoms with E-state index in [2.05, 4.69) is 10.1 Å². The summed E-state index contributed by atoms with van der Waals surface area (Å²) in [6.07, 6.45) is 0. The summed E-state index contributed by atoms with van der Waals surface area (Å²) in [6, 6.07) is 11.1. The van der Waals surface area contributed by atoms with Gasteiger partial charge < -0.3 is 15.2 Å². The predicted molar refractivity (Wildman–Crippen MR) is 73.5 cm³/mol. The van der Waals surface area contributed by atoms with Gasteiger partial charge in [0.1, 0.15) is 11.5 Å². The lowest BCUT2D eigenvalue weighted by Crippen LogP contribution is -2.06. The largest absolute Gasteiger partial charge is 0.508 e. The van der Waals surface area contributed by atoms with Crippen LogP contribution >= 0.6 is 11.6 Å². The van der Waals surface area contributed by atoms with Gasteiger partial charge in [-0.05, 0) is 24.3 Å². The summed E-state index contributed by atoms with van der Waals surface area (Å²) in [6.45, 7) is -2.71. The van der Waals surface area contributed by atoms with Crippen molar-refractivity contribution in [1.82, 2.24) is 0 Å². The molecule has 0 saturated heterocycles. The number of nitrogens with one attached hydrogen (secondary N) is 1. The van der Waals surface area contributed by atoms with Crippen molar-refractivity contribution < 1.29 is 18.6 Å². The number of alkyl halides is 2. The van der Waals surface area contributed by atoms with E-state index in [1.165, 1.54) is 12.1 Å². The normalized spacial score (nSPS) is 10.6. The first-order chi connectivity index (χ1) is 9.58. The maximum atomic E-state index is 12.3. The van der Waals surface area contributed by atoms with Gasteiger partial charge in [-0.3, -0.25) is 0 Å². The molecule has 0 atom stereocenters. The lowest BCUT2D eigenvalue weighted by Gasteiger charge is -2.13. The van der Waals surface area contributed by atoms with Crippen LogP contribution < -0.4 is 10.1 Å². The van der Waals surface area contributed by atoms with E-state index in [1.807, 2.05) is 0 Å². The third-order valence-corrected chi connectivity index (χ3v) is 3.01. The maximum absolute atomic E-state index is 12.3. The fourth-order valence-corrected chi connectivity index (χ4v) is 1.95. The molecule has 0 saturated carbocycles. The van der Waals surface area contributed by atoms with Crippen LogP contribution in [0.25, 0.3) is 0 Å². The molecule has 0 fully saturated rings. The highest BCUT2D eigenvalue weighted by Crippen LogP contribution is 2.29. The molecule has 0 aliphatic heterocycles. The first kappa shape index (κ1) is 14.4. The summed E-state index contributed by atoms with van der Waals surface area (Å²) >= 11 is 5.97. The second-order valence-electron chi connectivity index (χ2n) is 3.97. The van der Waals surface area contributed by atoms with Crippen LogP contribution in [0.3, 0.4) is 0 Å². The van der Waals surface area contributed by atoms with E-state index in [9.17, 15) is 13.9 Å². The zero-order valence-corrected chi connectivity index (χ0v) is 11.1. The van der Waals surface area contributed by atoms with E-state index in [0.717, 1.165) is 0 Å². The molecule has 20 heavy (non-hydrogen) atoms. The van der Waals surface area contributed by atoms with Crippen LogP contribution in [0.15, 0.2) is 42.5 Å². The van der Waals surface area contributed by atoms with Crippen molar-refractivity contribution in [2.75, 3.05) is 5.32 Å². The van der Waals surface area contributed by atoms with Gasteiger partial charge in [0.25, 0.3) is 0 Å². The monoisotopic (exact) mass is 299 g/mol. The van der Waals surface area contributed by atoms with Crippen LogP contribution in [0.4, 0.5) is 14.5 Å². The lowest BCUT2D eigenvalue weighted by molar-refractivity contribution is -0.0493. The number of phenols is 1. The highest BCUT2D eigenvalue weighted by atomic mass is 35.5. The number of para-hydroxylation sites is 2. The molecule has 3 nitrogen and oxygen atoms in total. The molecular formula is C14H12ClF2NO2. The fraction of sp³-hybridized carbons (Fsp3) is 0.143. The smallest absolute Gasteiger partial charge is 0.387 e. The molecule has 0 aromatic heterocycles. The molecular weight excluding hydrogens is 288 g/mol. The van der Waals surface area contributed by atoms with E-state index >= 15 is 0 Å². The Balaban J connectivity index is 2.15. The standard InChI is InChI=1S/C14H12ClF2NO2/c15-10-4-3-6-12(19)9(10)8-18-11-5-1-2-7-13(11)20-14(16)17/h1-7,14,18-19H,8H2. The molecule has 0 unspecified atom stereocenters.